The first-order valence-corrected chi connectivity index (χ1v) is 8.22. The van der Waals surface area contributed by atoms with E-state index >= 15 is 0 Å². The lowest BCUT2D eigenvalue weighted by molar-refractivity contribution is -0.699. The molecular formula is C18H22IN3S. The number of aromatic nitrogens is 1. The van der Waals surface area contributed by atoms with Gasteiger partial charge in [0.2, 0.25) is 11.4 Å². The van der Waals surface area contributed by atoms with E-state index in [1.807, 2.05) is 11.8 Å². The summed E-state index contributed by atoms with van der Waals surface area (Å²) >= 11 is 1.83. The van der Waals surface area contributed by atoms with E-state index in [0.717, 1.165) is 0 Å². The molecule has 3 rings (SSSR count). The van der Waals surface area contributed by atoms with Crippen molar-refractivity contribution in [1.82, 2.24) is 0 Å². The Morgan fingerprint density at radius 1 is 1.09 bits per heavy atom. The van der Waals surface area contributed by atoms with Crippen LogP contribution in [0.5, 0.6) is 0 Å². The maximum Gasteiger partial charge on any atom is 0.209 e. The minimum atomic E-state index is 0. The van der Waals surface area contributed by atoms with Crippen LogP contribution < -0.4 is 38.6 Å². The molecule has 0 amide bonds. The van der Waals surface area contributed by atoms with Crippen molar-refractivity contribution in [3.8, 4) is 0 Å². The fraction of sp³-hybridized carbons (Fsp3) is 0.278. The standard InChI is InChI=1S/C18H22N3S.HI/c1-13-10-15(11-14(2)21(13)19(3)4)12-18-20(5)16-8-6-7-9-17(16)22-18;/h6-12H,1-5H3;1H/q+1;/p-1. The normalized spacial score (nSPS) is 14.7. The van der Waals surface area contributed by atoms with E-state index < -0.39 is 0 Å². The van der Waals surface area contributed by atoms with E-state index in [1.54, 1.807) is 0 Å². The van der Waals surface area contributed by atoms with E-state index in [9.17, 15) is 0 Å². The van der Waals surface area contributed by atoms with Gasteiger partial charge in [0.15, 0.2) is 0 Å². The summed E-state index contributed by atoms with van der Waals surface area (Å²) in [6, 6.07) is 13.0. The van der Waals surface area contributed by atoms with Gasteiger partial charge in [0.25, 0.3) is 0 Å². The number of thioether (sulfide) groups is 1. The van der Waals surface area contributed by atoms with Crippen molar-refractivity contribution in [3.63, 3.8) is 0 Å². The second kappa shape index (κ2) is 7.13. The predicted octanol–water partition coefficient (Wildman–Crippen LogP) is 0.333. The molecule has 23 heavy (non-hydrogen) atoms. The van der Waals surface area contributed by atoms with Crippen molar-refractivity contribution < 1.29 is 28.7 Å². The Bertz CT molecular complexity index is 733. The van der Waals surface area contributed by atoms with Crippen LogP contribution in [0, 0.1) is 13.8 Å². The van der Waals surface area contributed by atoms with Gasteiger partial charge in [0.05, 0.1) is 24.8 Å². The van der Waals surface area contributed by atoms with Gasteiger partial charge >= 0.3 is 0 Å². The van der Waals surface area contributed by atoms with E-state index in [-0.39, 0.29) is 24.0 Å². The minimum Gasteiger partial charge on any atom is -1.00 e. The van der Waals surface area contributed by atoms with Gasteiger partial charge in [-0.15, -0.1) is 0 Å². The van der Waals surface area contributed by atoms with Crippen LogP contribution in [0.3, 0.4) is 0 Å². The number of aryl methyl sites for hydroxylation is 2. The first-order valence-electron chi connectivity index (χ1n) is 7.40. The lowest BCUT2D eigenvalue weighted by Gasteiger charge is -2.14. The molecule has 0 radical (unpaired) electrons. The number of rotatable bonds is 2. The maximum absolute atomic E-state index is 2.27. The summed E-state index contributed by atoms with van der Waals surface area (Å²) in [4.78, 5) is 3.58. The average Bonchev–Trinajstić information content (AvgIpc) is 2.75. The number of hydrogen-bond donors (Lipinski definition) is 0. The highest BCUT2D eigenvalue weighted by molar-refractivity contribution is 8.03. The van der Waals surface area contributed by atoms with E-state index in [1.165, 1.54) is 32.6 Å². The fourth-order valence-electron chi connectivity index (χ4n) is 3.03. The zero-order valence-electron chi connectivity index (χ0n) is 14.2. The quantitative estimate of drug-likeness (QED) is 0.494. The van der Waals surface area contributed by atoms with Crippen LogP contribution >= 0.6 is 11.8 Å². The van der Waals surface area contributed by atoms with Crippen LogP contribution in [0.25, 0.3) is 6.08 Å². The smallest absolute Gasteiger partial charge is 0.209 e. The van der Waals surface area contributed by atoms with Gasteiger partial charge in [0, 0.05) is 37.9 Å². The fourth-order valence-corrected chi connectivity index (χ4v) is 4.14. The molecule has 0 aliphatic carbocycles. The summed E-state index contributed by atoms with van der Waals surface area (Å²) in [7, 11) is 6.26. The Hall–Kier alpha value is -1.21. The number of anilines is 1. The molecule has 5 heteroatoms. The van der Waals surface area contributed by atoms with Crippen LogP contribution in [-0.2, 0) is 0 Å². The van der Waals surface area contributed by atoms with E-state index in [4.69, 9.17) is 0 Å². The topological polar surface area (TPSA) is 10.4 Å². The maximum atomic E-state index is 2.27. The molecule has 1 aliphatic rings. The van der Waals surface area contributed by atoms with Crippen LogP contribution in [0.4, 0.5) is 5.69 Å². The molecule has 0 bridgehead atoms. The Morgan fingerprint density at radius 2 is 1.70 bits per heavy atom. The summed E-state index contributed by atoms with van der Waals surface area (Å²) in [5.41, 5.74) is 5.00. The Labute approximate surface area is 160 Å². The molecule has 0 atom stereocenters. The monoisotopic (exact) mass is 439 g/mol. The summed E-state index contributed by atoms with van der Waals surface area (Å²) in [5.74, 6) is 0. The van der Waals surface area contributed by atoms with Gasteiger partial charge in [-0.1, -0.05) is 28.6 Å². The van der Waals surface area contributed by atoms with E-state index in [2.05, 4.69) is 92.0 Å². The number of pyridine rings is 1. The summed E-state index contributed by atoms with van der Waals surface area (Å²) < 4.78 is 2.21. The molecule has 2 aromatic rings. The van der Waals surface area contributed by atoms with Crippen LogP contribution in [0.15, 0.2) is 46.3 Å². The van der Waals surface area contributed by atoms with Gasteiger partial charge in [-0.3, -0.25) is 0 Å². The van der Waals surface area contributed by atoms with Gasteiger partial charge < -0.3 is 28.9 Å². The van der Waals surface area contributed by atoms with Crippen molar-refractivity contribution in [2.45, 2.75) is 18.7 Å². The summed E-state index contributed by atoms with van der Waals surface area (Å²) in [5, 5.41) is 3.37. The predicted molar refractivity (Wildman–Crippen MR) is 94.9 cm³/mol. The van der Waals surface area contributed by atoms with Crippen LogP contribution in [0.1, 0.15) is 17.0 Å². The third-order valence-electron chi connectivity index (χ3n) is 3.88. The van der Waals surface area contributed by atoms with Crippen molar-refractivity contribution in [1.29, 1.82) is 0 Å². The summed E-state index contributed by atoms with van der Waals surface area (Å²) in [6.07, 6.45) is 2.27. The van der Waals surface area contributed by atoms with Crippen molar-refractivity contribution in [2.24, 2.45) is 0 Å². The highest BCUT2D eigenvalue weighted by Crippen LogP contribution is 2.45. The zero-order valence-corrected chi connectivity index (χ0v) is 17.1. The van der Waals surface area contributed by atoms with Crippen molar-refractivity contribution >= 4 is 23.5 Å². The Balaban J connectivity index is 0.00000192. The number of fused-ring (bicyclic) bond motifs is 1. The molecule has 1 aromatic heterocycles. The molecule has 0 saturated heterocycles. The lowest BCUT2D eigenvalue weighted by Crippen LogP contribution is -3.00. The van der Waals surface area contributed by atoms with Gasteiger partial charge in [-0.25, -0.2) is 0 Å². The minimum absolute atomic E-state index is 0. The summed E-state index contributed by atoms with van der Waals surface area (Å²) in [6.45, 7) is 4.30. The molecule has 0 saturated carbocycles. The number of benzene rings is 1. The molecule has 0 unspecified atom stereocenters. The van der Waals surface area contributed by atoms with Crippen molar-refractivity contribution in [2.75, 3.05) is 31.1 Å². The molecule has 122 valence electrons. The molecule has 1 aliphatic heterocycles. The lowest BCUT2D eigenvalue weighted by atomic mass is 10.2. The van der Waals surface area contributed by atoms with Crippen molar-refractivity contribution in [3.05, 3.63) is 58.4 Å². The first kappa shape index (κ1) is 18.1. The second-order valence-corrected chi connectivity index (χ2v) is 6.90. The SMILES string of the molecule is Cc1cc(C=C2Sc3ccccc3N2C)cc(C)[n+]1N(C)C.[I-]. The molecule has 0 N–H and O–H groups in total. The number of hydrogen-bond acceptors (Lipinski definition) is 3. The molecule has 3 nitrogen and oxygen atoms in total. The third kappa shape index (κ3) is 3.50. The van der Waals surface area contributed by atoms with E-state index in [0.29, 0.717) is 0 Å². The second-order valence-electron chi connectivity index (χ2n) is 5.84. The van der Waals surface area contributed by atoms with Crippen LogP contribution in [-0.4, -0.2) is 21.1 Å². The number of nitrogens with zero attached hydrogens (tertiary/aromatic N) is 3. The first-order chi connectivity index (χ1) is 10.5. The third-order valence-corrected chi connectivity index (χ3v) is 5.05. The Kier molecular flexibility index (Phi) is 5.62. The highest BCUT2D eigenvalue weighted by atomic mass is 127. The molecule has 2 heterocycles. The van der Waals surface area contributed by atoms with Gasteiger partial charge in [0.1, 0.15) is 0 Å². The molecule has 0 spiro atoms. The zero-order chi connectivity index (χ0) is 15.9. The highest BCUT2D eigenvalue weighted by Gasteiger charge is 2.22. The molecular weight excluding hydrogens is 417 g/mol. The number of para-hydroxylation sites is 1. The average molecular weight is 439 g/mol. The Morgan fingerprint density at radius 3 is 2.26 bits per heavy atom. The van der Waals surface area contributed by atoms with Gasteiger partial charge in [-0.2, -0.15) is 5.01 Å². The van der Waals surface area contributed by atoms with Gasteiger partial charge in [-0.05, 0) is 23.8 Å². The van der Waals surface area contributed by atoms with Crippen LogP contribution in [0.2, 0.25) is 0 Å². The molecule has 1 aromatic carbocycles. The number of halogens is 1. The largest absolute Gasteiger partial charge is 1.00 e. The molecule has 0 fully saturated rings.